The average Bonchev–Trinajstić information content (AvgIpc) is 3.04. The molecule has 0 aromatic carbocycles. The number of likely N-dealkylation sites (N-methyl/N-ethyl adjacent to an activating group) is 1. The number of furan rings is 1. The van der Waals surface area contributed by atoms with Crippen molar-refractivity contribution in [1.82, 2.24) is 15.1 Å². The Kier molecular flexibility index (Phi) is 6.07. The summed E-state index contributed by atoms with van der Waals surface area (Å²) < 4.78 is 5.94. The van der Waals surface area contributed by atoms with E-state index in [0.29, 0.717) is 0 Å². The number of hydrogen-bond acceptors (Lipinski definition) is 4. The predicted octanol–water partition coefficient (Wildman–Crippen LogP) is 2.23. The molecule has 0 spiro atoms. The lowest BCUT2D eigenvalue weighted by Crippen LogP contribution is -2.31. The van der Waals surface area contributed by atoms with Crippen LogP contribution in [0.2, 0.25) is 0 Å². The first-order valence-electron chi connectivity index (χ1n) is 7.89. The van der Waals surface area contributed by atoms with E-state index in [9.17, 15) is 0 Å². The van der Waals surface area contributed by atoms with Gasteiger partial charge in [-0.2, -0.15) is 0 Å². The molecule has 0 bridgehead atoms. The summed E-state index contributed by atoms with van der Waals surface area (Å²) in [6.45, 7) is 11.8. The maximum Gasteiger partial charge on any atom is 0.120 e. The van der Waals surface area contributed by atoms with Crippen molar-refractivity contribution in [2.24, 2.45) is 0 Å². The van der Waals surface area contributed by atoms with Crippen LogP contribution in [-0.4, -0.2) is 49.6 Å². The molecule has 0 amide bonds. The van der Waals surface area contributed by atoms with E-state index >= 15 is 0 Å². The summed E-state index contributed by atoms with van der Waals surface area (Å²) in [6, 6.07) is 2.18. The molecule has 1 aromatic heterocycles. The van der Waals surface area contributed by atoms with Gasteiger partial charge in [0.15, 0.2) is 0 Å². The number of aryl methyl sites for hydroxylation is 1. The molecule has 1 aliphatic heterocycles. The van der Waals surface area contributed by atoms with Gasteiger partial charge in [0.2, 0.25) is 0 Å². The van der Waals surface area contributed by atoms with Crippen LogP contribution in [0.4, 0.5) is 0 Å². The Bertz CT molecular complexity index is 396. The van der Waals surface area contributed by atoms with Crippen LogP contribution in [0.3, 0.4) is 0 Å². The molecule has 1 saturated heterocycles. The molecule has 1 aromatic rings. The van der Waals surface area contributed by atoms with Crippen LogP contribution in [0.5, 0.6) is 0 Å². The van der Waals surface area contributed by atoms with Crippen molar-refractivity contribution in [3.05, 3.63) is 23.2 Å². The van der Waals surface area contributed by atoms with Crippen LogP contribution in [0, 0.1) is 6.92 Å². The zero-order chi connectivity index (χ0) is 14.4. The molecule has 0 saturated carbocycles. The van der Waals surface area contributed by atoms with Crippen molar-refractivity contribution in [2.75, 3.05) is 39.8 Å². The van der Waals surface area contributed by atoms with E-state index in [1.807, 2.05) is 0 Å². The molecule has 2 rings (SSSR count). The van der Waals surface area contributed by atoms with Crippen LogP contribution in [-0.2, 0) is 13.1 Å². The molecular formula is C16H29N3O. The van der Waals surface area contributed by atoms with Crippen LogP contribution >= 0.6 is 0 Å². The van der Waals surface area contributed by atoms with Gasteiger partial charge in [-0.1, -0.05) is 6.92 Å². The second-order valence-corrected chi connectivity index (χ2v) is 5.89. The summed E-state index contributed by atoms with van der Waals surface area (Å²) in [6.07, 6.45) is 2.74. The molecule has 4 nitrogen and oxygen atoms in total. The van der Waals surface area contributed by atoms with E-state index < -0.39 is 0 Å². The predicted molar refractivity (Wildman–Crippen MR) is 82.8 cm³/mol. The molecule has 20 heavy (non-hydrogen) atoms. The fourth-order valence-corrected chi connectivity index (χ4v) is 2.75. The standard InChI is InChI=1S/C16H29N3O/c1-4-17-12-16-14(2)11-15(20-16)13-18(3)9-10-19-7-5-6-8-19/h11,17H,4-10,12-13H2,1-3H3. The van der Waals surface area contributed by atoms with Crippen LogP contribution in [0.15, 0.2) is 10.5 Å². The lowest BCUT2D eigenvalue weighted by molar-refractivity contribution is 0.237. The van der Waals surface area contributed by atoms with Gasteiger partial charge in [-0.25, -0.2) is 0 Å². The molecule has 0 radical (unpaired) electrons. The van der Waals surface area contributed by atoms with Crippen molar-refractivity contribution in [1.29, 1.82) is 0 Å². The van der Waals surface area contributed by atoms with E-state index in [1.165, 1.54) is 38.0 Å². The first-order valence-corrected chi connectivity index (χ1v) is 7.89. The normalized spacial score (nSPS) is 16.4. The first-order chi connectivity index (χ1) is 9.69. The highest BCUT2D eigenvalue weighted by Gasteiger charge is 2.13. The molecule has 2 heterocycles. The van der Waals surface area contributed by atoms with Gasteiger partial charge in [-0.3, -0.25) is 4.90 Å². The van der Waals surface area contributed by atoms with Gasteiger partial charge in [0.1, 0.15) is 11.5 Å². The van der Waals surface area contributed by atoms with Gasteiger partial charge in [-0.15, -0.1) is 0 Å². The van der Waals surface area contributed by atoms with Gasteiger partial charge < -0.3 is 14.6 Å². The minimum Gasteiger partial charge on any atom is -0.463 e. The van der Waals surface area contributed by atoms with Crippen molar-refractivity contribution in [3.8, 4) is 0 Å². The lowest BCUT2D eigenvalue weighted by Gasteiger charge is -2.20. The molecule has 1 N–H and O–H groups in total. The Hall–Kier alpha value is -0.840. The van der Waals surface area contributed by atoms with Crippen LogP contribution in [0.25, 0.3) is 0 Å². The van der Waals surface area contributed by atoms with Gasteiger partial charge in [0.05, 0.1) is 13.1 Å². The van der Waals surface area contributed by atoms with Gasteiger partial charge in [0.25, 0.3) is 0 Å². The third kappa shape index (κ3) is 4.62. The fraction of sp³-hybridized carbons (Fsp3) is 0.750. The Morgan fingerprint density at radius 3 is 2.80 bits per heavy atom. The zero-order valence-electron chi connectivity index (χ0n) is 13.2. The fourth-order valence-electron chi connectivity index (χ4n) is 2.75. The number of hydrogen-bond donors (Lipinski definition) is 1. The minimum absolute atomic E-state index is 0.833. The Morgan fingerprint density at radius 2 is 2.10 bits per heavy atom. The van der Waals surface area contributed by atoms with Crippen molar-refractivity contribution in [3.63, 3.8) is 0 Å². The summed E-state index contributed by atoms with van der Waals surface area (Å²) in [5, 5.41) is 3.32. The first kappa shape index (κ1) is 15.5. The molecule has 114 valence electrons. The Labute approximate surface area is 123 Å². The topological polar surface area (TPSA) is 31.7 Å². The monoisotopic (exact) mass is 279 g/mol. The smallest absolute Gasteiger partial charge is 0.120 e. The molecule has 0 unspecified atom stereocenters. The van der Waals surface area contributed by atoms with E-state index in [2.05, 4.69) is 42.1 Å². The lowest BCUT2D eigenvalue weighted by atomic mass is 10.2. The van der Waals surface area contributed by atoms with Crippen molar-refractivity contribution < 1.29 is 4.42 Å². The highest BCUT2D eigenvalue weighted by Crippen LogP contribution is 2.16. The molecular weight excluding hydrogens is 250 g/mol. The second kappa shape index (κ2) is 7.81. The number of rotatable bonds is 8. The molecule has 1 fully saturated rings. The molecule has 4 heteroatoms. The number of likely N-dealkylation sites (tertiary alicyclic amines) is 1. The largest absolute Gasteiger partial charge is 0.463 e. The van der Waals surface area contributed by atoms with E-state index in [0.717, 1.165) is 37.7 Å². The summed E-state index contributed by atoms with van der Waals surface area (Å²) >= 11 is 0. The van der Waals surface area contributed by atoms with Crippen molar-refractivity contribution in [2.45, 2.75) is 39.8 Å². The third-order valence-corrected chi connectivity index (χ3v) is 4.03. The van der Waals surface area contributed by atoms with E-state index in [1.54, 1.807) is 0 Å². The van der Waals surface area contributed by atoms with Gasteiger partial charge >= 0.3 is 0 Å². The number of nitrogens with one attached hydrogen (secondary N) is 1. The Balaban J connectivity index is 1.76. The number of nitrogens with zero attached hydrogens (tertiary/aromatic N) is 2. The zero-order valence-corrected chi connectivity index (χ0v) is 13.2. The SMILES string of the molecule is CCNCc1oc(CN(C)CCN2CCCC2)cc1C. The van der Waals surface area contributed by atoms with Crippen molar-refractivity contribution >= 4 is 0 Å². The summed E-state index contributed by atoms with van der Waals surface area (Å²) in [4.78, 5) is 4.91. The van der Waals surface area contributed by atoms with Crippen LogP contribution in [0.1, 0.15) is 36.8 Å². The summed E-state index contributed by atoms with van der Waals surface area (Å²) in [7, 11) is 2.18. The minimum atomic E-state index is 0.833. The Morgan fingerprint density at radius 1 is 1.35 bits per heavy atom. The quantitative estimate of drug-likeness (QED) is 0.791. The summed E-state index contributed by atoms with van der Waals surface area (Å²) in [5.41, 5.74) is 1.26. The third-order valence-electron chi connectivity index (χ3n) is 4.03. The highest BCUT2D eigenvalue weighted by molar-refractivity contribution is 5.20. The summed E-state index contributed by atoms with van der Waals surface area (Å²) in [5.74, 6) is 2.16. The molecule has 0 aliphatic carbocycles. The molecule has 1 aliphatic rings. The van der Waals surface area contributed by atoms with Gasteiger partial charge in [0, 0.05) is 13.1 Å². The maximum atomic E-state index is 5.94. The van der Waals surface area contributed by atoms with Gasteiger partial charge in [-0.05, 0) is 58.1 Å². The average molecular weight is 279 g/mol. The van der Waals surface area contributed by atoms with Crippen LogP contribution < -0.4 is 5.32 Å². The highest BCUT2D eigenvalue weighted by atomic mass is 16.3. The maximum absolute atomic E-state index is 5.94. The molecule has 0 atom stereocenters. The van der Waals surface area contributed by atoms with E-state index in [-0.39, 0.29) is 0 Å². The second-order valence-electron chi connectivity index (χ2n) is 5.89. The van der Waals surface area contributed by atoms with E-state index in [4.69, 9.17) is 4.42 Å².